The van der Waals surface area contributed by atoms with E-state index in [9.17, 15) is 9.59 Å². The van der Waals surface area contributed by atoms with Gasteiger partial charge in [-0.25, -0.2) is 0 Å². The molecule has 1 saturated heterocycles. The van der Waals surface area contributed by atoms with Gasteiger partial charge in [0.25, 0.3) is 0 Å². The average Bonchev–Trinajstić information content (AvgIpc) is 2.92. The Balaban J connectivity index is 1.93. The fourth-order valence-electron chi connectivity index (χ4n) is 4.13. The number of Topliss-reactive ketones (excluding diaryl/α,β-unsaturated/α-hetero) is 1. The quantitative estimate of drug-likeness (QED) is 0.429. The molecule has 21 heavy (non-hydrogen) atoms. The maximum Gasteiger partial charge on any atom is 0.195 e. The minimum atomic E-state index is -0.376. The molecule has 1 saturated carbocycles. The predicted octanol–water partition coefficient (Wildman–Crippen LogP) is 3.13. The summed E-state index contributed by atoms with van der Waals surface area (Å²) in [5.41, 5.74) is 0.272. The van der Waals surface area contributed by atoms with Gasteiger partial charge in [-0.15, -0.1) is 0 Å². The van der Waals surface area contributed by atoms with E-state index < -0.39 is 0 Å². The summed E-state index contributed by atoms with van der Waals surface area (Å²) in [6.45, 7) is 8.29. The zero-order chi connectivity index (χ0) is 15.5. The Bertz CT molecular complexity index is 382. The molecule has 2 aliphatic rings. The molecule has 2 atom stereocenters. The monoisotopic (exact) mass is 296 g/mol. The molecule has 0 bridgehead atoms. The molecule has 1 spiro atoms. The van der Waals surface area contributed by atoms with Crippen molar-refractivity contribution in [3.05, 3.63) is 0 Å². The van der Waals surface area contributed by atoms with E-state index >= 15 is 0 Å². The topological polar surface area (TPSA) is 52.6 Å². The number of carbonyl (C=O) groups is 2. The number of ether oxygens (including phenoxy) is 2. The summed E-state index contributed by atoms with van der Waals surface area (Å²) in [6, 6.07) is 0. The second-order valence-electron chi connectivity index (χ2n) is 7.22. The summed E-state index contributed by atoms with van der Waals surface area (Å²) < 4.78 is 11.9. The fraction of sp³-hybridized carbons (Fsp3) is 0.882. The van der Waals surface area contributed by atoms with Crippen molar-refractivity contribution >= 4 is 12.1 Å². The van der Waals surface area contributed by atoms with Crippen LogP contribution in [0.4, 0.5) is 0 Å². The molecule has 0 N–H and O–H groups in total. The fourth-order valence-corrected chi connectivity index (χ4v) is 4.13. The lowest BCUT2D eigenvalue weighted by atomic mass is 9.60. The van der Waals surface area contributed by atoms with Crippen LogP contribution >= 0.6 is 0 Å². The Morgan fingerprint density at radius 1 is 1.19 bits per heavy atom. The van der Waals surface area contributed by atoms with Crippen LogP contribution in [0.25, 0.3) is 0 Å². The van der Waals surface area contributed by atoms with E-state index in [2.05, 4.69) is 20.8 Å². The lowest BCUT2D eigenvalue weighted by molar-refractivity contribution is -0.240. The normalized spacial score (nSPS) is 30.4. The molecule has 4 nitrogen and oxygen atoms in total. The largest absolute Gasteiger partial charge is 0.347 e. The van der Waals surface area contributed by atoms with Crippen LogP contribution < -0.4 is 0 Å². The van der Waals surface area contributed by atoms with Gasteiger partial charge in [-0.2, -0.15) is 0 Å². The van der Waals surface area contributed by atoms with Gasteiger partial charge in [-0.3, -0.25) is 9.59 Å². The van der Waals surface area contributed by atoms with E-state index in [4.69, 9.17) is 9.47 Å². The van der Waals surface area contributed by atoms with E-state index in [1.165, 1.54) is 0 Å². The Hall–Kier alpha value is -0.740. The molecular weight excluding hydrogens is 268 g/mol. The molecule has 2 fully saturated rings. The van der Waals surface area contributed by atoms with Crippen molar-refractivity contribution in [1.29, 1.82) is 0 Å². The van der Waals surface area contributed by atoms with Gasteiger partial charge in [0.1, 0.15) is 0 Å². The van der Waals surface area contributed by atoms with Gasteiger partial charge in [0.05, 0.1) is 13.2 Å². The molecule has 1 aliphatic heterocycles. The third kappa shape index (κ3) is 3.54. The molecule has 1 heterocycles. The smallest absolute Gasteiger partial charge is 0.195 e. The highest BCUT2D eigenvalue weighted by Gasteiger charge is 2.53. The molecule has 0 radical (unpaired) electrons. The zero-order valence-electron chi connectivity index (χ0n) is 13.5. The summed E-state index contributed by atoms with van der Waals surface area (Å²) >= 11 is 0. The summed E-state index contributed by atoms with van der Waals surface area (Å²) in [7, 11) is 0. The Labute approximate surface area is 127 Å². The standard InChI is InChI=1S/C17H28O4/c1-13-15(7-5-4-6-14(19)12-18)16(2,3)8-9-17(13)20-10-11-21-17/h12-13,15H,4-11H2,1-3H3/t13-,15+/m1/s1. The number of ketones is 1. The number of hydrogen-bond acceptors (Lipinski definition) is 4. The van der Waals surface area contributed by atoms with Crippen LogP contribution in [0.1, 0.15) is 59.3 Å². The van der Waals surface area contributed by atoms with Crippen molar-refractivity contribution in [2.24, 2.45) is 17.3 Å². The Morgan fingerprint density at radius 3 is 2.48 bits per heavy atom. The molecule has 0 unspecified atom stereocenters. The van der Waals surface area contributed by atoms with Crippen LogP contribution in [-0.2, 0) is 19.1 Å². The van der Waals surface area contributed by atoms with Crippen molar-refractivity contribution < 1.29 is 19.1 Å². The molecule has 0 aromatic rings. The van der Waals surface area contributed by atoms with Gasteiger partial charge in [0.15, 0.2) is 17.9 Å². The van der Waals surface area contributed by atoms with Gasteiger partial charge in [0.2, 0.25) is 0 Å². The average molecular weight is 296 g/mol. The highest BCUT2D eigenvalue weighted by molar-refractivity contribution is 6.24. The second kappa shape index (κ2) is 6.57. The number of carbonyl (C=O) groups excluding carboxylic acids is 2. The molecular formula is C17H28O4. The van der Waals surface area contributed by atoms with Crippen molar-refractivity contribution in [2.45, 2.75) is 65.1 Å². The lowest BCUT2D eigenvalue weighted by Crippen LogP contribution is -2.50. The lowest BCUT2D eigenvalue weighted by Gasteiger charge is -2.51. The molecule has 0 aromatic carbocycles. The van der Waals surface area contributed by atoms with Crippen LogP contribution in [0.2, 0.25) is 0 Å². The molecule has 4 heteroatoms. The first-order valence-electron chi connectivity index (χ1n) is 8.17. The predicted molar refractivity (Wildman–Crippen MR) is 79.8 cm³/mol. The molecule has 0 amide bonds. The van der Waals surface area contributed by atoms with Crippen LogP contribution in [0.15, 0.2) is 0 Å². The van der Waals surface area contributed by atoms with Crippen molar-refractivity contribution in [2.75, 3.05) is 13.2 Å². The first-order chi connectivity index (χ1) is 9.91. The highest BCUT2D eigenvalue weighted by atomic mass is 16.7. The summed E-state index contributed by atoms with van der Waals surface area (Å²) in [5.74, 6) is 0.227. The summed E-state index contributed by atoms with van der Waals surface area (Å²) in [4.78, 5) is 21.4. The van der Waals surface area contributed by atoms with Crippen molar-refractivity contribution in [3.63, 3.8) is 0 Å². The van der Waals surface area contributed by atoms with Gasteiger partial charge < -0.3 is 9.47 Å². The molecule has 2 rings (SSSR count). The van der Waals surface area contributed by atoms with Gasteiger partial charge in [0, 0.05) is 18.8 Å². The van der Waals surface area contributed by atoms with E-state index in [0.29, 0.717) is 37.8 Å². The van der Waals surface area contributed by atoms with Gasteiger partial charge >= 0.3 is 0 Å². The van der Waals surface area contributed by atoms with Crippen LogP contribution in [0, 0.1) is 17.3 Å². The molecule has 1 aliphatic carbocycles. The third-order valence-electron chi connectivity index (χ3n) is 5.51. The molecule has 120 valence electrons. The maximum absolute atomic E-state index is 11.1. The Kier molecular flexibility index (Phi) is 5.20. The first kappa shape index (κ1) is 16.6. The zero-order valence-corrected chi connectivity index (χ0v) is 13.5. The van der Waals surface area contributed by atoms with E-state index in [1.54, 1.807) is 0 Å². The first-order valence-corrected chi connectivity index (χ1v) is 8.17. The number of hydrogen-bond donors (Lipinski definition) is 0. The third-order valence-corrected chi connectivity index (χ3v) is 5.51. The van der Waals surface area contributed by atoms with Gasteiger partial charge in [-0.1, -0.05) is 27.2 Å². The molecule has 0 aromatic heterocycles. The maximum atomic E-state index is 11.1. The number of rotatable bonds is 6. The van der Waals surface area contributed by atoms with Crippen LogP contribution in [0.3, 0.4) is 0 Å². The number of aldehydes is 1. The van der Waals surface area contributed by atoms with E-state index in [-0.39, 0.29) is 17.0 Å². The number of unbranched alkanes of at least 4 members (excludes halogenated alkanes) is 1. The van der Waals surface area contributed by atoms with Crippen molar-refractivity contribution in [1.82, 2.24) is 0 Å². The summed E-state index contributed by atoms with van der Waals surface area (Å²) in [6.07, 6.45) is 5.73. The van der Waals surface area contributed by atoms with Crippen LogP contribution in [0.5, 0.6) is 0 Å². The van der Waals surface area contributed by atoms with E-state index in [1.807, 2.05) is 0 Å². The second-order valence-corrected chi connectivity index (χ2v) is 7.22. The van der Waals surface area contributed by atoms with Crippen molar-refractivity contribution in [3.8, 4) is 0 Å². The SMILES string of the molecule is C[C@@H]1[C@H](CCCCC(=O)C=O)C(C)(C)CCC12OCCO2. The Morgan fingerprint density at radius 2 is 1.86 bits per heavy atom. The van der Waals surface area contributed by atoms with Gasteiger partial charge in [-0.05, 0) is 30.6 Å². The highest BCUT2D eigenvalue weighted by Crippen LogP contribution is 2.53. The minimum absolute atomic E-state index is 0.272. The summed E-state index contributed by atoms with van der Waals surface area (Å²) in [5, 5.41) is 0. The van der Waals surface area contributed by atoms with E-state index in [0.717, 1.165) is 32.1 Å². The van der Waals surface area contributed by atoms with Crippen LogP contribution in [-0.4, -0.2) is 31.1 Å². The minimum Gasteiger partial charge on any atom is -0.347 e.